The van der Waals surface area contributed by atoms with Crippen LogP contribution in [0.1, 0.15) is 33.3 Å². The first-order valence-corrected chi connectivity index (χ1v) is 7.49. The molecule has 0 bridgehead atoms. The highest BCUT2D eigenvalue weighted by molar-refractivity contribution is 5.78. The highest BCUT2D eigenvalue weighted by Gasteiger charge is 2.24. The number of hydrogen-bond acceptors (Lipinski definition) is 4. The van der Waals surface area contributed by atoms with Gasteiger partial charge in [0.25, 0.3) is 0 Å². The van der Waals surface area contributed by atoms with Crippen LogP contribution in [0.2, 0.25) is 0 Å². The summed E-state index contributed by atoms with van der Waals surface area (Å²) < 4.78 is 10.3. The third-order valence-electron chi connectivity index (χ3n) is 2.79. The summed E-state index contributed by atoms with van der Waals surface area (Å²) in [5.41, 5.74) is 0.497. The zero-order chi connectivity index (χ0) is 16.6. The number of hydrogen-bond donors (Lipinski definition) is 0. The lowest BCUT2D eigenvalue weighted by Crippen LogP contribution is -2.41. The second-order valence-electron chi connectivity index (χ2n) is 5.94. The van der Waals surface area contributed by atoms with Crippen LogP contribution in [0.4, 0.5) is 4.79 Å². The molecule has 0 radical (unpaired) electrons. The lowest BCUT2D eigenvalue weighted by atomic mass is 10.1. The largest absolute Gasteiger partial charge is 0.465 e. The van der Waals surface area contributed by atoms with E-state index in [-0.39, 0.29) is 6.54 Å². The minimum Gasteiger partial charge on any atom is -0.465 e. The third-order valence-corrected chi connectivity index (χ3v) is 2.79. The lowest BCUT2D eigenvalue weighted by Gasteiger charge is -2.26. The summed E-state index contributed by atoms with van der Waals surface area (Å²) in [4.78, 5) is 25.3. The van der Waals surface area contributed by atoms with Crippen LogP contribution in [-0.4, -0.2) is 42.3 Å². The fourth-order valence-electron chi connectivity index (χ4n) is 1.83. The van der Waals surface area contributed by atoms with Crippen LogP contribution < -0.4 is 0 Å². The molecule has 0 aromatic heterocycles. The molecule has 0 aliphatic heterocycles. The molecule has 0 aliphatic carbocycles. The minimum absolute atomic E-state index is 0.102. The lowest BCUT2D eigenvalue weighted by molar-refractivity contribution is -0.144. The van der Waals surface area contributed by atoms with Gasteiger partial charge in [0.15, 0.2) is 0 Å². The fraction of sp³-hybridized carbons (Fsp3) is 0.529. The van der Waals surface area contributed by atoms with Crippen molar-refractivity contribution in [2.75, 3.05) is 19.7 Å². The molecule has 122 valence electrons. The van der Waals surface area contributed by atoms with Gasteiger partial charge < -0.3 is 9.47 Å². The van der Waals surface area contributed by atoms with Gasteiger partial charge in [-0.25, -0.2) is 4.79 Å². The number of rotatable bonds is 6. The maximum Gasteiger partial charge on any atom is 0.410 e. The molecule has 1 aromatic carbocycles. The third kappa shape index (κ3) is 7.11. The van der Waals surface area contributed by atoms with Gasteiger partial charge in [-0.3, -0.25) is 9.69 Å². The molecule has 1 rings (SSSR count). The summed E-state index contributed by atoms with van der Waals surface area (Å²) in [7, 11) is 0. The van der Waals surface area contributed by atoms with Gasteiger partial charge in [0.2, 0.25) is 0 Å². The Kier molecular flexibility index (Phi) is 6.89. The van der Waals surface area contributed by atoms with Crippen LogP contribution in [0.3, 0.4) is 0 Å². The number of carbonyl (C=O) groups excluding carboxylic acids is 2. The molecule has 1 aromatic rings. The average molecular weight is 307 g/mol. The van der Waals surface area contributed by atoms with Crippen LogP contribution in [0, 0.1) is 0 Å². The van der Waals surface area contributed by atoms with Gasteiger partial charge in [0.1, 0.15) is 12.1 Å². The van der Waals surface area contributed by atoms with Crippen molar-refractivity contribution >= 4 is 12.1 Å². The molecule has 5 heteroatoms. The Morgan fingerprint density at radius 2 is 1.77 bits per heavy atom. The Bertz CT molecular complexity index is 479. The van der Waals surface area contributed by atoms with Gasteiger partial charge in [0.05, 0.1) is 6.61 Å². The summed E-state index contributed by atoms with van der Waals surface area (Å²) >= 11 is 0. The summed E-state index contributed by atoms with van der Waals surface area (Å²) in [6.45, 7) is 7.71. The average Bonchev–Trinajstić information content (AvgIpc) is 2.43. The molecular formula is C17H25NO4. The smallest absolute Gasteiger partial charge is 0.410 e. The monoisotopic (exact) mass is 307 g/mol. The number of ether oxygens (including phenoxy) is 2. The molecule has 5 nitrogen and oxygen atoms in total. The van der Waals surface area contributed by atoms with Crippen molar-refractivity contribution < 1.29 is 19.1 Å². The highest BCUT2D eigenvalue weighted by Crippen LogP contribution is 2.11. The summed E-state index contributed by atoms with van der Waals surface area (Å²) in [6.07, 6.45) is 0.149. The predicted octanol–water partition coefficient (Wildman–Crippen LogP) is 3.03. The van der Waals surface area contributed by atoms with Crippen molar-refractivity contribution in [1.29, 1.82) is 0 Å². The zero-order valence-electron chi connectivity index (χ0n) is 13.8. The number of nitrogens with zero attached hydrogens (tertiary/aromatic N) is 1. The molecule has 0 atom stereocenters. The van der Waals surface area contributed by atoms with E-state index in [9.17, 15) is 9.59 Å². The first-order chi connectivity index (χ1) is 10.3. The van der Waals surface area contributed by atoms with Crippen molar-refractivity contribution in [3.05, 3.63) is 35.9 Å². The van der Waals surface area contributed by atoms with E-state index in [1.54, 1.807) is 27.7 Å². The Hall–Kier alpha value is -2.04. The molecule has 0 aliphatic rings. The van der Waals surface area contributed by atoms with Crippen molar-refractivity contribution in [3.63, 3.8) is 0 Å². The van der Waals surface area contributed by atoms with E-state index < -0.39 is 17.7 Å². The fourth-order valence-corrected chi connectivity index (χ4v) is 1.83. The maximum atomic E-state index is 12.2. The minimum atomic E-state index is -0.600. The van der Waals surface area contributed by atoms with Crippen molar-refractivity contribution in [3.8, 4) is 0 Å². The molecule has 0 unspecified atom stereocenters. The maximum absolute atomic E-state index is 12.2. The van der Waals surface area contributed by atoms with Crippen molar-refractivity contribution in [2.45, 2.75) is 39.7 Å². The number of carbonyl (C=O) groups is 2. The topological polar surface area (TPSA) is 55.8 Å². The summed E-state index contributed by atoms with van der Waals surface area (Å²) in [5, 5.41) is 0. The molecule has 0 N–H and O–H groups in total. The number of benzene rings is 1. The Labute approximate surface area is 132 Å². The zero-order valence-corrected chi connectivity index (χ0v) is 13.8. The van der Waals surface area contributed by atoms with Gasteiger partial charge >= 0.3 is 12.1 Å². The molecule has 22 heavy (non-hydrogen) atoms. The Morgan fingerprint density at radius 1 is 1.14 bits per heavy atom. The molecule has 0 heterocycles. The van der Waals surface area contributed by atoms with Crippen LogP contribution in [0.15, 0.2) is 30.3 Å². The van der Waals surface area contributed by atoms with E-state index in [2.05, 4.69) is 0 Å². The molecule has 0 spiro atoms. The summed E-state index contributed by atoms with van der Waals surface area (Å²) in [6, 6.07) is 9.79. The van der Waals surface area contributed by atoms with E-state index in [1.165, 1.54) is 4.90 Å². The Morgan fingerprint density at radius 3 is 2.32 bits per heavy atom. The van der Waals surface area contributed by atoms with Crippen LogP contribution >= 0.6 is 0 Å². The van der Waals surface area contributed by atoms with E-state index in [4.69, 9.17) is 9.47 Å². The van der Waals surface area contributed by atoms with E-state index in [0.29, 0.717) is 19.6 Å². The summed E-state index contributed by atoms with van der Waals surface area (Å²) in [5.74, 6) is -0.429. The molecule has 1 amide bonds. The number of esters is 1. The van der Waals surface area contributed by atoms with Gasteiger partial charge in [-0.05, 0) is 39.7 Å². The van der Waals surface area contributed by atoms with Crippen LogP contribution in [0.5, 0.6) is 0 Å². The van der Waals surface area contributed by atoms with Gasteiger partial charge in [-0.15, -0.1) is 0 Å². The van der Waals surface area contributed by atoms with Crippen molar-refractivity contribution in [1.82, 2.24) is 4.90 Å². The van der Waals surface area contributed by atoms with Gasteiger partial charge in [-0.1, -0.05) is 30.3 Å². The normalized spacial score (nSPS) is 10.9. The molecule has 0 fully saturated rings. The van der Waals surface area contributed by atoms with Gasteiger partial charge in [-0.2, -0.15) is 0 Å². The molecule has 0 saturated heterocycles. The van der Waals surface area contributed by atoms with Gasteiger partial charge in [0, 0.05) is 6.54 Å². The van der Waals surface area contributed by atoms with E-state index in [0.717, 1.165) is 5.56 Å². The first-order valence-electron chi connectivity index (χ1n) is 7.49. The molecule has 0 saturated carbocycles. The van der Waals surface area contributed by atoms with E-state index in [1.807, 2.05) is 30.3 Å². The second kappa shape index (κ2) is 8.41. The van der Waals surface area contributed by atoms with Crippen molar-refractivity contribution in [2.24, 2.45) is 0 Å². The second-order valence-corrected chi connectivity index (χ2v) is 5.94. The van der Waals surface area contributed by atoms with E-state index >= 15 is 0 Å². The van der Waals surface area contributed by atoms with Crippen LogP contribution in [-0.2, 0) is 20.7 Å². The first kappa shape index (κ1) is 18.0. The quantitative estimate of drug-likeness (QED) is 0.758. The number of amides is 1. The van der Waals surface area contributed by atoms with Crippen LogP contribution in [0.25, 0.3) is 0 Å². The standard InChI is InChI=1S/C17H25NO4/c1-5-21-15(19)13-18(16(20)22-17(2,3)4)12-11-14-9-7-6-8-10-14/h6-10H,5,11-13H2,1-4H3. The highest BCUT2D eigenvalue weighted by atomic mass is 16.6. The predicted molar refractivity (Wildman–Crippen MR) is 84.6 cm³/mol. The SMILES string of the molecule is CCOC(=O)CN(CCc1ccccc1)C(=O)OC(C)(C)C. The molecular weight excluding hydrogens is 282 g/mol. The Balaban J connectivity index is 2.68.